The Balaban J connectivity index is 0.000000318. The van der Waals surface area contributed by atoms with Crippen LogP contribution in [0.15, 0.2) is 72.8 Å². The van der Waals surface area contributed by atoms with E-state index in [9.17, 15) is 18.0 Å². The number of anilines is 1. The van der Waals surface area contributed by atoms with Crippen LogP contribution in [-0.4, -0.2) is 12.5 Å². The summed E-state index contributed by atoms with van der Waals surface area (Å²) in [6.07, 6.45) is -3.33. The molecule has 1 saturated heterocycles. The van der Waals surface area contributed by atoms with Crippen LogP contribution in [0.4, 0.5) is 18.9 Å². The summed E-state index contributed by atoms with van der Waals surface area (Å²) in [6.45, 7) is 0.550. The largest absolute Gasteiger partial charge is 0.416 e. The van der Waals surface area contributed by atoms with Crippen molar-refractivity contribution in [3.05, 3.63) is 99.5 Å². The number of fused-ring (bicyclic) bond motifs is 2. The van der Waals surface area contributed by atoms with Gasteiger partial charge in [0.2, 0.25) is 5.91 Å². The van der Waals surface area contributed by atoms with E-state index in [1.807, 2.05) is 30.3 Å². The van der Waals surface area contributed by atoms with Crippen molar-refractivity contribution in [1.82, 2.24) is 5.32 Å². The first-order valence-electron chi connectivity index (χ1n) is 10.4. The third-order valence-corrected chi connectivity index (χ3v) is 6.50. The molecule has 2 N–H and O–H groups in total. The lowest BCUT2D eigenvalue weighted by Gasteiger charge is -2.41. The normalized spacial score (nSPS) is 21.7. The molecule has 1 spiro atoms. The summed E-state index contributed by atoms with van der Waals surface area (Å²) in [6, 6.07) is 19.2. The van der Waals surface area contributed by atoms with Crippen LogP contribution in [0.3, 0.4) is 0 Å². The molecular weight excluding hydrogens is 472 g/mol. The van der Waals surface area contributed by atoms with Gasteiger partial charge in [-0.25, -0.2) is 0 Å². The first-order valence-corrected chi connectivity index (χ1v) is 11.2. The van der Waals surface area contributed by atoms with Crippen molar-refractivity contribution in [1.29, 1.82) is 0 Å². The molecule has 3 nitrogen and oxygen atoms in total. The number of hydrogen-bond donors (Lipinski definition) is 2. The monoisotopic (exact) mass is 492 g/mol. The molecule has 1 fully saturated rings. The number of hydrogen-bond acceptors (Lipinski definition) is 2. The highest BCUT2D eigenvalue weighted by atomic mass is 35.5. The molecule has 8 heteroatoms. The fourth-order valence-electron chi connectivity index (χ4n) is 4.63. The van der Waals surface area contributed by atoms with Gasteiger partial charge in [0.1, 0.15) is 0 Å². The maximum Gasteiger partial charge on any atom is 0.416 e. The summed E-state index contributed by atoms with van der Waals surface area (Å²) < 4.78 is 40.7. The van der Waals surface area contributed by atoms with E-state index in [2.05, 4.69) is 10.6 Å². The lowest BCUT2D eigenvalue weighted by molar-refractivity contribution is -0.139. The number of halogens is 5. The number of alkyl halides is 3. The summed E-state index contributed by atoms with van der Waals surface area (Å²) in [4.78, 5) is 13.0. The second-order valence-electron chi connectivity index (χ2n) is 7.99. The molecule has 3 aromatic rings. The summed E-state index contributed by atoms with van der Waals surface area (Å²) in [5, 5.41) is 7.25. The SMILES string of the molecule is Clc1ccccc1.O=C1Nc2cc(Cl)ccc2[C@@]12CCCN[C@@H]2c1ccccc1C(F)(F)F. The van der Waals surface area contributed by atoms with E-state index in [4.69, 9.17) is 23.2 Å². The smallest absolute Gasteiger partial charge is 0.325 e. The highest BCUT2D eigenvalue weighted by molar-refractivity contribution is 6.31. The van der Waals surface area contributed by atoms with Gasteiger partial charge in [-0.1, -0.05) is 65.7 Å². The first-order chi connectivity index (χ1) is 15.7. The summed E-state index contributed by atoms with van der Waals surface area (Å²) in [7, 11) is 0. The number of carbonyl (C=O) groups excluding carboxylic acids is 1. The summed E-state index contributed by atoms with van der Waals surface area (Å²) in [5.41, 5.74) is -0.437. The van der Waals surface area contributed by atoms with Crippen LogP contribution >= 0.6 is 23.2 Å². The molecule has 0 saturated carbocycles. The van der Waals surface area contributed by atoms with Gasteiger partial charge in [-0.15, -0.1) is 0 Å². The number of piperidine rings is 1. The number of carbonyl (C=O) groups is 1. The molecule has 0 aliphatic carbocycles. The van der Waals surface area contributed by atoms with Gasteiger partial charge in [0, 0.05) is 15.7 Å². The molecule has 2 heterocycles. The van der Waals surface area contributed by atoms with Crippen molar-refractivity contribution < 1.29 is 18.0 Å². The Morgan fingerprint density at radius 3 is 2.27 bits per heavy atom. The van der Waals surface area contributed by atoms with E-state index in [0.717, 1.165) is 11.1 Å². The Morgan fingerprint density at radius 1 is 0.909 bits per heavy atom. The van der Waals surface area contributed by atoms with Gasteiger partial charge in [0.05, 0.1) is 17.0 Å². The third-order valence-electron chi connectivity index (χ3n) is 6.02. The number of nitrogens with one attached hydrogen (secondary N) is 2. The average Bonchev–Trinajstić information content (AvgIpc) is 3.05. The minimum absolute atomic E-state index is 0.0950. The van der Waals surface area contributed by atoms with Crippen molar-refractivity contribution in [2.75, 3.05) is 11.9 Å². The van der Waals surface area contributed by atoms with Crippen molar-refractivity contribution in [3.8, 4) is 0 Å². The molecule has 2 atom stereocenters. The van der Waals surface area contributed by atoms with Gasteiger partial charge in [0.25, 0.3) is 0 Å². The second kappa shape index (κ2) is 9.37. The zero-order valence-corrected chi connectivity index (χ0v) is 18.9. The predicted octanol–water partition coefficient (Wildman–Crippen LogP) is 7.01. The Hall–Kier alpha value is -2.54. The molecule has 5 rings (SSSR count). The molecule has 0 bridgehead atoms. The van der Waals surface area contributed by atoms with E-state index in [0.29, 0.717) is 35.7 Å². The van der Waals surface area contributed by atoms with Crippen molar-refractivity contribution in [2.24, 2.45) is 0 Å². The van der Waals surface area contributed by atoms with E-state index >= 15 is 0 Å². The van der Waals surface area contributed by atoms with Gasteiger partial charge in [0.15, 0.2) is 0 Å². The molecule has 172 valence electrons. The van der Waals surface area contributed by atoms with Gasteiger partial charge in [-0.3, -0.25) is 4.79 Å². The lowest BCUT2D eigenvalue weighted by Crippen LogP contribution is -2.51. The van der Waals surface area contributed by atoms with E-state index in [1.54, 1.807) is 24.3 Å². The quantitative estimate of drug-likeness (QED) is 0.383. The Labute approximate surface area is 199 Å². The first kappa shape index (κ1) is 23.6. The number of benzene rings is 3. The molecule has 2 aliphatic heterocycles. The van der Waals surface area contributed by atoms with Crippen LogP contribution in [0.5, 0.6) is 0 Å². The predicted molar refractivity (Wildman–Crippen MR) is 125 cm³/mol. The highest BCUT2D eigenvalue weighted by Gasteiger charge is 2.55. The van der Waals surface area contributed by atoms with E-state index in [-0.39, 0.29) is 11.5 Å². The molecule has 0 radical (unpaired) electrons. The molecule has 2 aliphatic rings. The van der Waals surface area contributed by atoms with Crippen LogP contribution in [0.2, 0.25) is 10.0 Å². The Morgan fingerprint density at radius 2 is 1.61 bits per heavy atom. The van der Waals surface area contributed by atoms with E-state index < -0.39 is 23.2 Å². The van der Waals surface area contributed by atoms with Crippen molar-refractivity contribution in [3.63, 3.8) is 0 Å². The average molecular weight is 493 g/mol. The molecular formula is C25H21Cl2F3N2O. The standard InChI is InChI=1S/C19H16ClF3N2O.C6H5Cl/c20-11-6-7-14-15(10-11)25-17(26)18(14)8-3-9-24-16(18)12-4-1-2-5-13(12)19(21,22)23;7-6-4-2-1-3-5-6/h1-2,4-7,10,16,24H,3,8-9H2,(H,25,26);1-5H/t16-,18-;/m1./s1. The van der Waals surface area contributed by atoms with Crippen LogP contribution in [-0.2, 0) is 16.4 Å². The van der Waals surface area contributed by atoms with Crippen LogP contribution in [0.25, 0.3) is 0 Å². The molecule has 33 heavy (non-hydrogen) atoms. The summed E-state index contributed by atoms with van der Waals surface area (Å²) >= 11 is 11.6. The maximum atomic E-state index is 13.6. The van der Waals surface area contributed by atoms with Gasteiger partial charge < -0.3 is 10.6 Å². The minimum atomic E-state index is -4.49. The van der Waals surface area contributed by atoms with Gasteiger partial charge in [-0.2, -0.15) is 13.2 Å². The number of rotatable bonds is 1. The van der Waals surface area contributed by atoms with Crippen LogP contribution < -0.4 is 10.6 Å². The van der Waals surface area contributed by atoms with Crippen molar-refractivity contribution >= 4 is 34.8 Å². The molecule has 1 amide bonds. The highest BCUT2D eigenvalue weighted by Crippen LogP contribution is 2.52. The van der Waals surface area contributed by atoms with Gasteiger partial charge in [-0.05, 0) is 60.8 Å². The molecule has 0 unspecified atom stereocenters. The lowest BCUT2D eigenvalue weighted by atomic mass is 9.67. The zero-order valence-electron chi connectivity index (χ0n) is 17.4. The fourth-order valence-corrected chi connectivity index (χ4v) is 4.95. The second-order valence-corrected chi connectivity index (χ2v) is 8.86. The Bertz CT molecular complexity index is 1150. The number of amides is 1. The molecule has 3 aromatic carbocycles. The zero-order chi connectivity index (χ0) is 23.6. The fraction of sp³-hybridized carbons (Fsp3) is 0.240. The van der Waals surface area contributed by atoms with E-state index in [1.165, 1.54) is 12.1 Å². The molecule has 0 aromatic heterocycles. The van der Waals surface area contributed by atoms with Crippen LogP contribution in [0.1, 0.15) is 35.6 Å². The van der Waals surface area contributed by atoms with Gasteiger partial charge >= 0.3 is 6.18 Å². The maximum absolute atomic E-state index is 13.6. The minimum Gasteiger partial charge on any atom is -0.325 e. The summed E-state index contributed by atoms with van der Waals surface area (Å²) in [5.74, 6) is -0.288. The van der Waals surface area contributed by atoms with Crippen molar-refractivity contribution in [2.45, 2.75) is 30.5 Å². The Kier molecular flexibility index (Phi) is 6.71. The topological polar surface area (TPSA) is 41.1 Å². The van der Waals surface area contributed by atoms with Crippen LogP contribution in [0, 0.1) is 0 Å². The third kappa shape index (κ3) is 4.60.